The number of piperidine rings is 1. The molecule has 1 aliphatic rings. The van der Waals surface area contributed by atoms with Gasteiger partial charge in [0.15, 0.2) is 5.65 Å². The topological polar surface area (TPSA) is 99.4 Å². The summed E-state index contributed by atoms with van der Waals surface area (Å²) in [5, 5.41) is 25.0. The monoisotopic (exact) mass is 417 g/mol. The number of aliphatic hydroxyl groups excluding tert-OH is 1. The summed E-state index contributed by atoms with van der Waals surface area (Å²) in [6.07, 6.45) is 5.80. The number of rotatable bonds is 6. The molecule has 4 heterocycles. The fourth-order valence-corrected chi connectivity index (χ4v) is 3.46. The summed E-state index contributed by atoms with van der Waals surface area (Å²) in [6.45, 7) is 6.48. The van der Waals surface area contributed by atoms with E-state index in [1.807, 2.05) is 28.9 Å². The molecule has 1 aliphatic heterocycles. The van der Waals surface area contributed by atoms with Crippen LogP contribution < -0.4 is 16.0 Å². The van der Waals surface area contributed by atoms with Gasteiger partial charge in [-0.15, -0.1) is 12.4 Å². The van der Waals surface area contributed by atoms with Crippen LogP contribution in [0.15, 0.2) is 36.8 Å². The van der Waals surface area contributed by atoms with Crippen molar-refractivity contribution in [1.29, 1.82) is 0 Å². The largest absolute Gasteiger partial charge is 0.391 e. The molecule has 1 unspecified atom stereocenters. The van der Waals surface area contributed by atoms with Gasteiger partial charge in [0, 0.05) is 37.1 Å². The molecule has 29 heavy (non-hydrogen) atoms. The minimum Gasteiger partial charge on any atom is -0.391 e. The van der Waals surface area contributed by atoms with Crippen LogP contribution in [0.2, 0.25) is 0 Å². The number of hydrogen-bond acceptors (Lipinski definition) is 7. The summed E-state index contributed by atoms with van der Waals surface area (Å²) in [5.74, 6) is 1.91. The van der Waals surface area contributed by atoms with Crippen LogP contribution in [0.1, 0.15) is 37.3 Å². The van der Waals surface area contributed by atoms with Crippen LogP contribution in [0.3, 0.4) is 0 Å². The Morgan fingerprint density at radius 1 is 1.31 bits per heavy atom. The zero-order valence-corrected chi connectivity index (χ0v) is 17.5. The molecule has 0 bridgehead atoms. The highest BCUT2D eigenvalue weighted by atomic mass is 35.5. The van der Waals surface area contributed by atoms with E-state index in [-0.39, 0.29) is 24.6 Å². The predicted octanol–water partition coefficient (Wildman–Crippen LogP) is 2.42. The molecule has 0 saturated carbocycles. The minimum atomic E-state index is -0.387. The first-order chi connectivity index (χ1) is 13.6. The van der Waals surface area contributed by atoms with Gasteiger partial charge in [0.25, 0.3) is 0 Å². The van der Waals surface area contributed by atoms with E-state index in [0.717, 1.165) is 41.4 Å². The lowest BCUT2D eigenvalue weighted by molar-refractivity contribution is 0.124. The van der Waals surface area contributed by atoms with Gasteiger partial charge in [0.05, 0.1) is 18.3 Å². The van der Waals surface area contributed by atoms with E-state index >= 15 is 0 Å². The van der Waals surface area contributed by atoms with Crippen molar-refractivity contribution >= 4 is 29.7 Å². The van der Waals surface area contributed by atoms with Crippen molar-refractivity contribution in [2.24, 2.45) is 0 Å². The van der Waals surface area contributed by atoms with Gasteiger partial charge in [-0.1, -0.05) is 13.8 Å². The molecule has 0 amide bonds. The van der Waals surface area contributed by atoms with Crippen molar-refractivity contribution in [2.45, 2.75) is 44.9 Å². The van der Waals surface area contributed by atoms with Crippen molar-refractivity contribution in [3.63, 3.8) is 0 Å². The molecular formula is C20H28ClN7O. The Morgan fingerprint density at radius 2 is 2.10 bits per heavy atom. The molecule has 9 heteroatoms. The van der Waals surface area contributed by atoms with E-state index in [1.54, 1.807) is 12.4 Å². The maximum atomic E-state index is 10.3. The zero-order chi connectivity index (χ0) is 19.5. The highest BCUT2D eigenvalue weighted by Crippen LogP contribution is 2.25. The average molecular weight is 418 g/mol. The van der Waals surface area contributed by atoms with E-state index in [4.69, 9.17) is 4.98 Å². The van der Waals surface area contributed by atoms with Crippen LogP contribution in [0.4, 0.5) is 11.6 Å². The van der Waals surface area contributed by atoms with Crippen molar-refractivity contribution < 1.29 is 5.11 Å². The van der Waals surface area contributed by atoms with Gasteiger partial charge in [0.2, 0.25) is 0 Å². The zero-order valence-electron chi connectivity index (χ0n) is 16.7. The fourth-order valence-electron chi connectivity index (χ4n) is 3.46. The number of aromatic nitrogens is 4. The van der Waals surface area contributed by atoms with Crippen LogP contribution >= 0.6 is 12.4 Å². The second-order valence-corrected chi connectivity index (χ2v) is 7.54. The molecule has 0 radical (unpaired) electrons. The number of nitrogens with zero attached hydrogens (tertiary/aromatic N) is 4. The number of halogens is 1. The first-order valence-electron chi connectivity index (χ1n) is 9.78. The molecule has 1 saturated heterocycles. The summed E-state index contributed by atoms with van der Waals surface area (Å²) >= 11 is 0. The van der Waals surface area contributed by atoms with E-state index in [2.05, 4.69) is 39.9 Å². The molecule has 8 nitrogen and oxygen atoms in total. The third-order valence-corrected chi connectivity index (χ3v) is 5.12. The van der Waals surface area contributed by atoms with Crippen LogP contribution in [0, 0.1) is 0 Å². The van der Waals surface area contributed by atoms with Crippen LogP contribution in [-0.4, -0.2) is 49.9 Å². The van der Waals surface area contributed by atoms with E-state index in [0.29, 0.717) is 19.0 Å². The minimum absolute atomic E-state index is 0. The molecule has 0 aliphatic carbocycles. The van der Waals surface area contributed by atoms with Gasteiger partial charge in [-0.2, -0.15) is 9.61 Å². The second-order valence-electron chi connectivity index (χ2n) is 7.54. The molecule has 3 aromatic rings. The molecule has 3 aromatic heterocycles. The van der Waals surface area contributed by atoms with Crippen molar-refractivity contribution in [3.8, 4) is 0 Å². The highest BCUT2D eigenvalue weighted by molar-refractivity contribution is 5.85. The summed E-state index contributed by atoms with van der Waals surface area (Å²) in [5.41, 5.74) is 3.06. The van der Waals surface area contributed by atoms with Gasteiger partial charge in [-0.05, 0) is 36.6 Å². The second kappa shape index (κ2) is 9.39. The maximum Gasteiger partial charge on any atom is 0.163 e. The Labute approximate surface area is 176 Å². The summed E-state index contributed by atoms with van der Waals surface area (Å²) in [7, 11) is 0. The molecule has 1 fully saturated rings. The third kappa shape index (κ3) is 4.77. The first-order valence-corrected chi connectivity index (χ1v) is 9.78. The molecule has 0 aromatic carbocycles. The Balaban J connectivity index is 0.00000240. The van der Waals surface area contributed by atoms with Gasteiger partial charge >= 0.3 is 0 Å². The Kier molecular flexibility index (Phi) is 6.89. The average Bonchev–Trinajstić information content (AvgIpc) is 3.13. The van der Waals surface area contributed by atoms with Gasteiger partial charge in [-0.25, -0.2) is 4.98 Å². The lowest BCUT2D eigenvalue weighted by Crippen LogP contribution is -2.48. The number of pyridine rings is 1. The molecule has 2 atom stereocenters. The Bertz CT molecular complexity index is 931. The number of aliphatic hydroxyl groups is 1. The lowest BCUT2D eigenvalue weighted by atomic mass is 10.0. The van der Waals surface area contributed by atoms with Crippen LogP contribution in [0.5, 0.6) is 0 Å². The molecule has 4 rings (SSSR count). The van der Waals surface area contributed by atoms with Crippen LogP contribution in [0.25, 0.3) is 5.65 Å². The normalized spacial score (nSPS) is 19.2. The maximum absolute atomic E-state index is 10.3. The fraction of sp³-hybridized carbons (Fsp3) is 0.450. The standard InChI is InChI=1S/C20H27N7O.ClH/c1-13(2)15-11-24-27-19(23-10-14-3-6-21-7-4-14)9-18(26-20(15)27)25-16-12-22-8-5-17(16)28;/h3-4,6-7,9,11,13,16-17,22-23,28H,5,8,10,12H2,1-2H3,(H,25,26);1H/t16?,17-;/m1./s1. The number of anilines is 2. The molecular weight excluding hydrogens is 390 g/mol. The number of nitrogens with one attached hydrogen (secondary N) is 3. The molecule has 156 valence electrons. The van der Waals surface area contributed by atoms with Crippen molar-refractivity contribution in [2.75, 3.05) is 23.7 Å². The Morgan fingerprint density at radius 3 is 2.83 bits per heavy atom. The van der Waals surface area contributed by atoms with E-state index < -0.39 is 0 Å². The molecule has 4 N–H and O–H groups in total. The summed E-state index contributed by atoms with van der Waals surface area (Å²) in [6, 6.07) is 5.85. The van der Waals surface area contributed by atoms with Gasteiger partial charge in [-0.3, -0.25) is 4.98 Å². The predicted molar refractivity (Wildman–Crippen MR) is 117 cm³/mol. The van der Waals surface area contributed by atoms with Crippen molar-refractivity contribution in [1.82, 2.24) is 24.9 Å². The number of fused-ring (bicyclic) bond motifs is 1. The summed E-state index contributed by atoms with van der Waals surface area (Å²) < 4.78 is 1.84. The highest BCUT2D eigenvalue weighted by Gasteiger charge is 2.23. The summed E-state index contributed by atoms with van der Waals surface area (Å²) in [4.78, 5) is 8.87. The SMILES string of the molecule is CC(C)c1cnn2c(NCc3ccncc3)cc(NC3CNCC[C@H]3O)nc12.Cl. The third-order valence-electron chi connectivity index (χ3n) is 5.12. The molecule has 0 spiro atoms. The van der Waals surface area contributed by atoms with E-state index in [1.165, 1.54) is 0 Å². The van der Waals surface area contributed by atoms with Crippen molar-refractivity contribution in [3.05, 3.63) is 47.9 Å². The smallest absolute Gasteiger partial charge is 0.163 e. The lowest BCUT2D eigenvalue weighted by Gasteiger charge is -2.29. The number of hydrogen-bond donors (Lipinski definition) is 4. The van der Waals surface area contributed by atoms with E-state index in [9.17, 15) is 5.11 Å². The van der Waals surface area contributed by atoms with Gasteiger partial charge in [0.1, 0.15) is 11.6 Å². The quantitative estimate of drug-likeness (QED) is 0.488. The Hall–Kier alpha value is -2.42. The van der Waals surface area contributed by atoms with Gasteiger partial charge < -0.3 is 21.1 Å². The first kappa shape index (κ1) is 21.3. The van der Waals surface area contributed by atoms with Crippen LogP contribution in [-0.2, 0) is 6.54 Å².